The van der Waals surface area contributed by atoms with Crippen molar-refractivity contribution in [2.24, 2.45) is 4.99 Å². The molecule has 0 aliphatic carbocycles. The Morgan fingerprint density at radius 3 is 2.40 bits per heavy atom. The van der Waals surface area contributed by atoms with Gasteiger partial charge in [0, 0.05) is 9.13 Å². The molecule has 0 unspecified atom stereocenters. The number of esters is 1. The van der Waals surface area contributed by atoms with Gasteiger partial charge in [-0.1, -0.05) is 47.5 Å². The molecule has 150 valence electrons. The first-order valence-corrected chi connectivity index (χ1v) is 10.8. The van der Waals surface area contributed by atoms with Crippen molar-refractivity contribution in [1.29, 1.82) is 0 Å². The second kappa shape index (κ2) is 9.20. The summed E-state index contributed by atoms with van der Waals surface area (Å²) in [6.07, 6.45) is 1.66. The normalized spacial score (nSPS) is 14.6. The molecule has 0 fully saturated rings. The monoisotopic (exact) mass is 549 g/mol. The molecule has 1 heterocycles. The van der Waals surface area contributed by atoms with Crippen molar-refractivity contribution in [2.45, 2.75) is 6.61 Å². The van der Waals surface area contributed by atoms with Crippen LogP contribution in [-0.2, 0) is 16.1 Å². The van der Waals surface area contributed by atoms with E-state index in [1.165, 1.54) is 3.57 Å². The standard InChI is InChI=1S/C23H14Cl2INO3/c24-19-10-5-16(12-20(19)25)22-27-21(23(28)30-22)11-14-3-8-18(9-4-14)29-13-15-1-6-17(26)7-2-15/h1-12H,13H2/b21-11-. The average Bonchev–Trinajstić information content (AvgIpc) is 3.11. The minimum absolute atomic E-state index is 0.197. The molecule has 0 spiro atoms. The van der Waals surface area contributed by atoms with E-state index >= 15 is 0 Å². The maximum atomic E-state index is 12.2. The van der Waals surface area contributed by atoms with Crippen LogP contribution < -0.4 is 4.74 Å². The van der Waals surface area contributed by atoms with Gasteiger partial charge in [0.15, 0.2) is 5.70 Å². The molecule has 3 aromatic rings. The first-order valence-electron chi connectivity index (χ1n) is 8.93. The SMILES string of the molecule is O=C1OC(c2ccc(Cl)c(Cl)c2)=N/C1=C\c1ccc(OCc2ccc(I)cc2)cc1. The van der Waals surface area contributed by atoms with Crippen LogP contribution in [0.4, 0.5) is 0 Å². The third-order valence-electron chi connectivity index (χ3n) is 4.29. The van der Waals surface area contributed by atoms with Crippen LogP contribution in [0.15, 0.2) is 77.4 Å². The lowest BCUT2D eigenvalue weighted by molar-refractivity contribution is -0.129. The topological polar surface area (TPSA) is 47.9 Å². The van der Waals surface area contributed by atoms with Gasteiger partial charge < -0.3 is 9.47 Å². The van der Waals surface area contributed by atoms with E-state index in [1.54, 1.807) is 24.3 Å². The van der Waals surface area contributed by atoms with E-state index in [1.807, 2.05) is 48.5 Å². The molecule has 1 aliphatic heterocycles. The summed E-state index contributed by atoms with van der Waals surface area (Å²) in [5.41, 5.74) is 2.70. The molecular formula is C23H14Cl2INO3. The Labute approximate surface area is 197 Å². The number of cyclic esters (lactones) is 1. The highest BCUT2D eigenvalue weighted by atomic mass is 127. The number of hydrogen-bond acceptors (Lipinski definition) is 4. The zero-order valence-corrected chi connectivity index (χ0v) is 19.1. The number of carbonyl (C=O) groups excluding carboxylic acids is 1. The fourth-order valence-corrected chi connectivity index (χ4v) is 3.38. The second-order valence-electron chi connectivity index (χ2n) is 6.45. The fraction of sp³-hybridized carbons (Fsp3) is 0.0435. The maximum Gasteiger partial charge on any atom is 0.363 e. The largest absolute Gasteiger partial charge is 0.489 e. The Kier molecular flexibility index (Phi) is 6.41. The maximum absolute atomic E-state index is 12.2. The molecule has 7 heteroatoms. The van der Waals surface area contributed by atoms with E-state index in [4.69, 9.17) is 32.7 Å². The van der Waals surface area contributed by atoms with E-state index < -0.39 is 5.97 Å². The minimum Gasteiger partial charge on any atom is -0.489 e. The molecule has 0 amide bonds. The van der Waals surface area contributed by atoms with E-state index in [9.17, 15) is 4.79 Å². The Morgan fingerprint density at radius 1 is 0.967 bits per heavy atom. The molecule has 30 heavy (non-hydrogen) atoms. The summed E-state index contributed by atoms with van der Waals surface area (Å²) in [7, 11) is 0. The summed E-state index contributed by atoms with van der Waals surface area (Å²) in [5.74, 6) is 0.419. The van der Waals surface area contributed by atoms with Crippen LogP contribution in [0, 0.1) is 3.57 Å². The summed E-state index contributed by atoms with van der Waals surface area (Å²) in [6.45, 7) is 0.487. The molecule has 1 aliphatic rings. The Hall–Kier alpha value is -2.35. The van der Waals surface area contributed by atoms with E-state index in [-0.39, 0.29) is 11.6 Å². The third-order valence-corrected chi connectivity index (χ3v) is 5.75. The summed E-state index contributed by atoms with van der Waals surface area (Å²) in [4.78, 5) is 16.5. The molecule has 0 aromatic heterocycles. The molecule has 0 N–H and O–H groups in total. The van der Waals surface area contributed by atoms with Crippen LogP contribution in [0.2, 0.25) is 10.0 Å². The van der Waals surface area contributed by atoms with Gasteiger partial charge in [-0.05, 0) is 82.3 Å². The van der Waals surface area contributed by atoms with Gasteiger partial charge in [-0.2, -0.15) is 0 Å². The Morgan fingerprint density at radius 2 is 1.70 bits per heavy atom. The van der Waals surface area contributed by atoms with Crippen LogP contribution in [0.3, 0.4) is 0 Å². The third kappa shape index (κ3) is 5.03. The number of aliphatic imine (C=N–C) groups is 1. The van der Waals surface area contributed by atoms with Gasteiger partial charge >= 0.3 is 5.97 Å². The van der Waals surface area contributed by atoms with E-state index in [2.05, 4.69) is 27.6 Å². The molecule has 4 rings (SSSR count). The molecule has 4 nitrogen and oxygen atoms in total. The number of benzene rings is 3. The van der Waals surface area contributed by atoms with Crippen molar-refractivity contribution in [3.05, 3.63) is 103 Å². The van der Waals surface area contributed by atoms with Gasteiger partial charge in [0.05, 0.1) is 10.0 Å². The van der Waals surface area contributed by atoms with Gasteiger partial charge in [0.2, 0.25) is 5.90 Å². The molecule has 0 saturated heterocycles. The number of nitrogens with zero attached hydrogens (tertiary/aromatic N) is 1. The summed E-state index contributed by atoms with van der Waals surface area (Å²) >= 11 is 14.2. The molecule has 0 radical (unpaired) electrons. The summed E-state index contributed by atoms with van der Waals surface area (Å²) < 4.78 is 12.3. The first-order chi connectivity index (χ1) is 14.5. The molecule has 3 aromatic carbocycles. The lowest BCUT2D eigenvalue weighted by atomic mass is 10.2. The summed E-state index contributed by atoms with van der Waals surface area (Å²) in [5, 5.41) is 0.789. The van der Waals surface area contributed by atoms with Gasteiger partial charge in [-0.25, -0.2) is 9.79 Å². The Bertz CT molecular complexity index is 1160. The van der Waals surface area contributed by atoms with Crippen LogP contribution in [0.5, 0.6) is 5.75 Å². The van der Waals surface area contributed by atoms with Crippen molar-refractivity contribution < 1.29 is 14.3 Å². The lowest BCUT2D eigenvalue weighted by Crippen LogP contribution is -2.05. The predicted octanol–water partition coefficient (Wildman–Crippen LogP) is 6.52. The zero-order valence-electron chi connectivity index (χ0n) is 15.4. The zero-order chi connectivity index (χ0) is 21.1. The highest BCUT2D eigenvalue weighted by molar-refractivity contribution is 14.1. The van der Waals surface area contributed by atoms with Crippen LogP contribution >= 0.6 is 45.8 Å². The van der Waals surface area contributed by atoms with Crippen molar-refractivity contribution in [3.8, 4) is 5.75 Å². The first kappa shape index (κ1) is 20.9. The summed E-state index contributed by atoms with van der Waals surface area (Å²) in [6, 6.07) is 20.5. The van der Waals surface area contributed by atoms with Crippen LogP contribution in [-0.4, -0.2) is 11.9 Å². The smallest absolute Gasteiger partial charge is 0.363 e. The van der Waals surface area contributed by atoms with Gasteiger partial charge in [0.1, 0.15) is 12.4 Å². The second-order valence-corrected chi connectivity index (χ2v) is 8.51. The van der Waals surface area contributed by atoms with Crippen LogP contribution in [0.25, 0.3) is 6.08 Å². The van der Waals surface area contributed by atoms with Gasteiger partial charge in [-0.15, -0.1) is 0 Å². The average molecular weight is 550 g/mol. The number of carbonyl (C=O) groups is 1. The molecule has 0 saturated carbocycles. The number of hydrogen-bond donors (Lipinski definition) is 0. The predicted molar refractivity (Wildman–Crippen MR) is 127 cm³/mol. The van der Waals surface area contributed by atoms with Crippen LogP contribution in [0.1, 0.15) is 16.7 Å². The number of rotatable bonds is 5. The minimum atomic E-state index is -0.518. The molecule has 0 atom stereocenters. The number of halogens is 3. The van der Waals surface area contributed by atoms with Crippen molar-refractivity contribution in [2.75, 3.05) is 0 Å². The fourth-order valence-electron chi connectivity index (χ4n) is 2.73. The van der Waals surface area contributed by atoms with Gasteiger partial charge in [-0.3, -0.25) is 0 Å². The Balaban J connectivity index is 1.46. The van der Waals surface area contributed by atoms with Gasteiger partial charge in [0.25, 0.3) is 0 Å². The lowest BCUT2D eigenvalue weighted by Gasteiger charge is -2.06. The van der Waals surface area contributed by atoms with Crippen molar-refractivity contribution >= 4 is 63.7 Å². The van der Waals surface area contributed by atoms with Crippen molar-refractivity contribution in [3.63, 3.8) is 0 Å². The van der Waals surface area contributed by atoms with Crippen molar-refractivity contribution in [1.82, 2.24) is 0 Å². The highest BCUT2D eigenvalue weighted by Gasteiger charge is 2.24. The van der Waals surface area contributed by atoms with E-state index in [0.29, 0.717) is 22.2 Å². The highest BCUT2D eigenvalue weighted by Crippen LogP contribution is 2.26. The molecular weight excluding hydrogens is 536 g/mol. The number of ether oxygens (including phenoxy) is 2. The quantitative estimate of drug-likeness (QED) is 0.207. The van der Waals surface area contributed by atoms with E-state index in [0.717, 1.165) is 16.9 Å². The molecule has 0 bridgehead atoms.